The molecule has 96 valence electrons. The van der Waals surface area contributed by atoms with E-state index >= 15 is 0 Å². The van der Waals surface area contributed by atoms with Gasteiger partial charge in [-0.05, 0) is 22.0 Å². The molecule has 0 atom stereocenters. The number of hydrogen-bond donors (Lipinski definition) is 1. The molecule has 0 aliphatic carbocycles. The van der Waals surface area contributed by atoms with E-state index in [2.05, 4.69) is 53.9 Å². The first-order valence-electron chi connectivity index (χ1n) is 5.39. The number of hydrogen-bond acceptors (Lipinski definition) is 3. The summed E-state index contributed by atoms with van der Waals surface area (Å²) in [5, 5.41) is 3.31. The van der Waals surface area contributed by atoms with Crippen LogP contribution in [0.15, 0.2) is 16.7 Å². The number of carbonyl (C=O) groups excluding carboxylic acids is 1. The van der Waals surface area contributed by atoms with Gasteiger partial charge in [0.1, 0.15) is 0 Å². The highest BCUT2D eigenvalue weighted by atomic mass is 79.9. The zero-order valence-corrected chi connectivity index (χ0v) is 12.1. The lowest BCUT2D eigenvalue weighted by Crippen LogP contribution is -2.29. The van der Waals surface area contributed by atoms with Gasteiger partial charge in [0.05, 0.1) is 5.56 Å². The van der Waals surface area contributed by atoms with E-state index in [1.807, 2.05) is 0 Å². The standard InChI is InChI=1S/C6H3BrFNO.C6H15N/c7-5-1-4(3-10)6(8)9-2-5;1-5(2)7-6(3)4/h1-3H;5-7H,1-4H3. The molecule has 1 aromatic rings. The van der Waals surface area contributed by atoms with E-state index in [9.17, 15) is 9.18 Å². The number of carbonyl (C=O) groups is 1. The van der Waals surface area contributed by atoms with E-state index < -0.39 is 5.95 Å². The van der Waals surface area contributed by atoms with Gasteiger partial charge in [-0.1, -0.05) is 27.7 Å². The van der Waals surface area contributed by atoms with Crippen molar-refractivity contribution in [2.24, 2.45) is 0 Å². The summed E-state index contributed by atoms with van der Waals surface area (Å²) in [6.45, 7) is 8.61. The summed E-state index contributed by atoms with van der Waals surface area (Å²) >= 11 is 3.05. The molecule has 0 bridgehead atoms. The molecule has 3 nitrogen and oxygen atoms in total. The minimum absolute atomic E-state index is 0.0330. The Hall–Kier alpha value is -0.810. The van der Waals surface area contributed by atoms with Gasteiger partial charge in [0.25, 0.3) is 0 Å². The third-order valence-corrected chi connectivity index (χ3v) is 2.06. The van der Waals surface area contributed by atoms with Crippen molar-refractivity contribution in [3.63, 3.8) is 0 Å². The van der Waals surface area contributed by atoms with Crippen LogP contribution in [-0.2, 0) is 0 Å². The van der Waals surface area contributed by atoms with Crippen molar-refractivity contribution in [1.82, 2.24) is 10.3 Å². The topological polar surface area (TPSA) is 42.0 Å². The molecule has 5 heteroatoms. The molecule has 1 aromatic heterocycles. The van der Waals surface area contributed by atoms with Gasteiger partial charge in [0.2, 0.25) is 5.95 Å². The van der Waals surface area contributed by atoms with E-state index in [-0.39, 0.29) is 5.56 Å². The van der Waals surface area contributed by atoms with Crippen molar-refractivity contribution in [2.45, 2.75) is 39.8 Å². The molecule has 0 aromatic carbocycles. The Morgan fingerprint density at radius 3 is 2.18 bits per heavy atom. The van der Waals surface area contributed by atoms with Gasteiger partial charge in [0, 0.05) is 22.8 Å². The van der Waals surface area contributed by atoms with E-state index in [0.717, 1.165) is 0 Å². The summed E-state index contributed by atoms with van der Waals surface area (Å²) < 4.78 is 13.0. The number of aromatic nitrogens is 1. The van der Waals surface area contributed by atoms with Crippen LogP contribution in [0.2, 0.25) is 0 Å². The average Bonchev–Trinajstić information content (AvgIpc) is 2.20. The molecule has 0 saturated carbocycles. The van der Waals surface area contributed by atoms with E-state index in [0.29, 0.717) is 22.8 Å². The number of rotatable bonds is 3. The molecule has 0 saturated heterocycles. The van der Waals surface area contributed by atoms with Crippen LogP contribution in [0, 0.1) is 5.95 Å². The fourth-order valence-corrected chi connectivity index (χ4v) is 1.54. The summed E-state index contributed by atoms with van der Waals surface area (Å²) in [6, 6.07) is 2.62. The Kier molecular flexibility index (Phi) is 7.91. The van der Waals surface area contributed by atoms with Gasteiger partial charge in [-0.2, -0.15) is 4.39 Å². The molecule has 0 fully saturated rings. The number of nitrogens with zero attached hydrogens (tertiary/aromatic N) is 1. The minimum Gasteiger partial charge on any atom is -0.312 e. The molecule has 0 spiro atoms. The zero-order valence-electron chi connectivity index (χ0n) is 10.5. The summed E-state index contributed by atoms with van der Waals surface area (Å²) in [7, 11) is 0. The number of nitrogens with one attached hydrogen (secondary N) is 1. The first-order valence-corrected chi connectivity index (χ1v) is 6.18. The molecular formula is C12H18BrFN2O. The van der Waals surface area contributed by atoms with Gasteiger partial charge in [-0.25, -0.2) is 4.98 Å². The van der Waals surface area contributed by atoms with Crippen molar-refractivity contribution in [3.05, 3.63) is 28.2 Å². The summed E-state index contributed by atoms with van der Waals surface area (Å²) in [4.78, 5) is 13.4. The van der Waals surface area contributed by atoms with Crippen LogP contribution in [0.25, 0.3) is 0 Å². The lowest BCUT2D eigenvalue weighted by Gasteiger charge is -2.10. The number of pyridine rings is 1. The Morgan fingerprint density at radius 2 is 1.88 bits per heavy atom. The SMILES string of the molecule is CC(C)NC(C)C.O=Cc1cc(Br)cnc1F. The van der Waals surface area contributed by atoms with E-state index in [4.69, 9.17) is 0 Å². The van der Waals surface area contributed by atoms with Crippen LogP contribution in [-0.4, -0.2) is 23.4 Å². The van der Waals surface area contributed by atoms with Crippen LogP contribution >= 0.6 is 15.9 Å². The number of aldehydes is 1. The van der Waals surface area contributed by atoms with Crippen molar-refractivity contribution in [1.29, 1.82) is 0 Å². The third-order valence-electron chi connectivity index (χ3n) is 1.63. The molecule has 0 aliphatic rings. The Balaban J connectivity index is 0.000000325. The zero-order chi connectivity index (χ0) is 13.4. The summed E-state index contributed by atoms with van der Waals surface area (Å²) in [6.07, 6.45) is 1.72. The highest BCUT2D eigenvalue weighted by molar-refractivity contribution is 9.10. The fraction of sp³-hybridized carbons (Fsp3) is 0.500. The lowest BCUT2D eigenvalue weighted by molar-refractivity contribution is 0.111. The van der Waals surface area contributed by atoms with Gasteiger partial charge in [-0.3, -0.25) is 4.79 Å². The summed E-state index contributed by atoms with van der Waals surface area (Å²) in [5.41, 5.74) is -0.0330. The second-order valence-corrected chi connectivity index (χ2v) is 5.04. The van der Waals surface area contributed by atoms with Gasteiger partial charge in [0.15, 0.2) is 6.29 Å². The maximum Gasteiger partial charge on any atom is 0.223 e. The second-order valence-electron chi connectivity index (χ2n) is 4.13. The predicted molar refractivity (Wildman–Crippen MR) is 70.7 cm³/mol. The van der Waals surface area contributed by atoms with Crippen LogP contribution in [0.4, 0.5) is 4.39 Å². The first kappa shape index (κ1) is 16.2. The first-order chi connectivity index (χ1) is 7.86. The van der Waals surface area contributed by atoms with Crippen molar-refractivity contribution in [2.75, 3.05) is 0 Å². The van der Waals surface area contributed by atoms with Gasteiger partial charge >= 0.3 is 0 Å². The molecule has 1 heterocycles. The summed E-state index contributed by atoms with van der Waals surface area (Å²) in [5.74, 6) is -0.738. The van der Waals surface area contributed by atoms with Crippen molar-refractivity contribution >= 4 is 22.2 Å². The third kappa shape index (κ3) is 7.99. The Labute approximate surface area is 110 Å². The highest BCUT2D eigenvalue weighted by Gasteiger charge is 2.00. The molecule has 0 aliphatic heterocycles. The van der Waals surface area contributed by atoms with Gasteiger partial charge in [-0.15, -0.1) is 0 Å². The van der Waals surface area contributed by atoms with Crippen LogP contribution in [0.3, 0.4) is 0 Å². The van der Waals surface area contributed by atoms with Crippen molar-refractivity contribution < 1.29 is 9.18 Å². The smallest absolute Gasteiger partial charge is 0.223 e. The lowest BCUT2D eigenvalue weighted by atomic mass is 10.3. The van der Waals surface area contributed by atoms with Crippen molar-refractivity contribution in [3.8, 4) is 0 Å². The minimum atomic E-state index is -0.738. The maximum atomic E-state index is 12.4. The Bertz CT molecular complexity index is 350. The van der Waals surface area contributed by atoms with Crippen LogP contribution in [0.1, 0.15) is 38.1 Å². The molecule has 0 amide bonds. The van der Waals surface area contributed by atoms with Crippen LogP contribution in [0.5, 0.6) is 0 Å². The molecule has 17 heavy (non-hydrogen) atoms. The molecule has 1 N–H and O–H groups in total. The second kappa shape index (κ2) is 8.31. The fourth-order valence-electron chi connectivity index (χ4n) is 1.19. The number of halogens is 2. The highest BCUT2D eigenvalue weighted by Crippen LogP contribution is 2.10. The quantitative estimate of drug-likeness (QED) is 0.689. The van der Waals surface area contributed by atoms with E-state index in [1.165, 1.54) is 12.3 Å². The van der Waals surface area contributed by atoms with E-state index in [1.54, 1.807) is 0 Å². The predicted octanol–water partition coefficient (Wildman–Crippen LogP) is 3.19. The molecule has 1 rings (SSSR count). The average molecular weight is 305 g/mol. The normalized spacial score (nSPS) is 10.1. The molecular weight excluding hydrogens is 287 g/mol. The Morgan fingerprint density at radius 1 is 1.35 bits per heavy atom. The van der Waals surface area contributed by atoms with Crippen LogP contribution < -0.4 is 5.32 Å². The molecule has 0 radical (unpaired) electrons. The maximum absolute atomic E-state index is 12.4. The monoisotopic (exact) mass is 304 g/mol. The van der Waals surface area contributed by atoms with Gasteiger partial charge < -0.3 is 5.32 Å². The largest absolute Gasteiger partial charge is 0.312 e. The molecule has 0 unspecified atom stereocenters.